The third-order valence-electron chi connectivity index (χ3n) is 3.39. The summed E-state index contributed by atoms with van der Waals surface area (Å²) in [7, 11) is 1.28. The van der Waals surface area contributed by atoms with Crippen molar-refractivity contribution in [3.63, 3.8) is 0 Å². The van der Waals surface area contributed by atoms with Gasteiger partial charge in [-0.15, -0.1) is 0 Å². The number of nitro benzene ring substituents is 1. The van der Waals surface area contributed by atoms with E-state index in [9.17, 15) is 14.9 Å². The Morgan fingerprint density at radius 2 is 2.32 bits per heavy atom. The standard InChI is InChI=1S/C13H16N2O4/c1-19-13(16)10-5-2-6-11(15(17)18)12(10)9-4-3-7-14-8-9/h2,5-6,9,14H,3-4,7-8H2,1H3. The molecule has 0 aliphatic carbocycles. The average Bonchev–Trinajstić information content (AvgIpc) is 2.46. The van der Waals surface area contributed by atoms with Gasteiger partial charge in [0.05, 0.1) is 17.6 Å². The fraction of sp³-hybridized carbons (Fsp3) is 0.462. The first-order valence-electron chi connectivity index (χ1n) is 6.21. The van der Waals surface area contributed by atoms with Gasteiger partial charge in [-0.1, -0.05) is 6.07 Å². The Bertz CT molecular complexity index is 495. The number of hydrogen-bond acceptors (Lipinski definition) is 5. The van der Waals surface area contributed by atoms with Crippen LogP contribution in [0.1, 0.15) is 34.7 Å². The van der Waals surface area contributed by atoms with E-state index >= 15 is 0 Å². The normalized spacial score (nSPS) is 18.9. The molecule has 0 bridgehead atoms. The molecule has 1 aromatic rings. The van der Waals surface area contributed by atoms with Crippen LogP contribution in [0.3, 0.4) is 0 Å². The van der Waals surface area contributed by atoms with E-state index < -0.39 is 10.9 Å². The quantitative estimate of drug-likeness (QED) is 0.512. The molecular weight excluding hydrogens is 248 g/mol. The lowest BCUT2D eigenvalue weighted by atomic mass is 9.87. The Morgan fingerprint density at radius 3 is 2.89 bits per heavy atom. The molecule has 1 unspecified atom stereocenters. The molecule has 0 radical (unpaired) electrons. The van der Waals surface area contributed by atoms with Crippen molar-refractivity contribution in [1.29, 1.82) is 0 Å². The number of benzene rings is 1. The van der Waals surface area contributed by atoms with Crippen molar-refractivity contribution in [2.45, 2.75) is 18.8 Å². The number of methoxy groups -OCH3 is 1. The summed E-state index contributed by atoms with van der Waals surface area (Å²) in [5.41, 5.74) is 0.786. The number of carbonyl (C=O) groups is 1. The van der Waals surface area contributed by atoms with Gasteiger partial charge < -0.3 is 10.1 Å². The number of piperidine rings is 1. The Hall–Kier alpha value is -1.95. The number of hydrogen-bond donors (Lipinski definition) is 1. The summed E-state index contributed by atoms with van der Waals surface area (Å²) in [4.78, 5) is 22.5. The molecule has 0 amide bonds. The molecule has 0 aromatic heterocycles. The van der Waals surface area contributed by atoms with Crippen molar-refractivity contribution in [3.05, 3.63) is 39.4 Å². The van der Waals surface area contributed by atoms with Crippen LogP contribution in [0.25, 0.3) is 0 Å². The zero-order valence-corrected chi connectivity index (χ0v) is 10.7. The highest BCUT2D eigenvalue weighted by molar-refractivity contribution is 5.92. The fourth-order valence-electron chi connectivity index (χ4n) is 2.53. The van der Waals surface area contributed by atoms with Crippen molar-refractivity contribution >= 4 is 11.7 Å². The zero-order valence-electron chi connectivity index (χ0n) is 10.7. The summed E-state index contributed by atoms with van der Waals surface area (Å²) in [5.74, 6) is -0.547. The van der Waals surface area contributed by atoms with Crippen LogP contribution in [0.4, 0.5) is 5.69 Å². The predicted octanol–water partition coefficient (Wildman–Crippen LogP) is 1.85. The van der Waals surface area contributed by atoms with Crippen molar-refractivity contribution in [3.8, 4) is 0 Å². The minimum Gasteiger partial charge on any atom is -0.465 e. The van der Waals surface area contributed by atoms with Gasteiger partial charge in [-0.3, -0.25) is 10.1 Å². The van der Waals surface area contributed by atoms with E-state index in [1.807, 2.05) is 0 Å². The van der Waals surface area contributed by atoms with Crippen molar-refractivity contribution in [2.75, 3.05) is 20.2 Å². The maximum absolute atomic E-state index is 11.8. The third kappa shape index (κ3) is 2.73. The number of carbonyl (C=O) groups excluding carboxylic acids is 1. The van der Waals surface area contributed by atoms with Crippen LogP contribution in [0.15, 0.2) is 18.2 Å². The molecule has 6 heteroatoms. The Morgan fingerprint density at radius 1 is 1.53 bits per heavy atom. The predicted molar refractivity (Wildman–Crippen MR) is 69.3 cm³/mol. The molecule has 1 saturated heterocycles. The van der Waals surface area contributed by atoms with Gasteiger partial charge in [0.1, 0.15) is 0 Å². The molecule has 1 aliphatic heterocycles. The molecule has 102 valence electrons. The van der Waals surface area contributed by atoms with Crippen LogP contribution in [-0.2, 0) is 4.74 Å². The highest BCUT2D eigenvalue weighted by Gasteiger charge is 2.29. The molecule has 1 heterocycles. The lowest BCUT2D eigenvalue weighted by Gasteiger charge is -2.24. The van der Waals surface area contributed by atoms with Crippen LogP contribution in [0.2, 0.25) is 0 Å². The SMILES string of the molecule is COC(=O)c1cccc([N+](=O)[O-])c1C1CCCNC1. The van der Waals surface area contributed by atoms with E-state index in [4.69, 9.17) is 4.74 Å². The van der Waals surface area contributed by atoms with Crippen molar-refractivity contribution in [2.24, 2.45) is 0 Å². The Kier molecular flexibility index (Phi) is 4.11. The van der Waals surface area contributed by atoms with E-state index in [0.29, 0.717) is 17.7 Å². The molecule has 19 heavy (non-hydrogen) atoms. The summed E-state index contributed by atoms with van der Waals surface area (Å²) in [5, 5.41) is 14.4. The van der Waals surface area contributed by atoms with Crippen LogP contribution in [0, 0.1) is 10.1 Å². The molecule has 0 saturated carbocycles. The number of nitrogens with one attached hydrogen (secondary N) is 1. The first-order valence-corrected chi connectivity index (χ1v) is 6.21. The first kappa shape index (κ1) is 13.5. The van der Waals surface area contributed by atoms with Gasteiger partial charge in [0.2, 0.25) is 0 Å². The summed E-state index contributed by atoms with van der Waals surface area (Å²) in [6.45, 7) is 1.56. The molecule has 1 aromatic carbocycles. The first-order chi connectivity index (χ1) is 9.15. The highest BCUT2D eigenvalue weighted by atomic mass is 16.6. The average molecular weight is 264 g/mol. The summed E-state index contributed by atoms with van der Waals surface area (Å²) in [6, 6.07) is 4.54. The smallest absolute Gasteiger partial charge is 0.338 e. The third-order valence-corrected chi connectivity index (χ3v) is 3.39. The molecule has 6 nitrogen and oxygen atoms in total. The van der Waals surface area contributed by atoms with E-state index in [1.54, 1.807) is 6.07 Å². The lowest BCUT2D eigenvalue weighted by molar-refractivity contribution is -0.385. The van der Waals surface area contributed by atoms with Crippen LogP contribution >= 0.6 is 0 Å². The molecule has 0 spiro atoms. The number of esters is 1. The maximum Gasteiger partial charge on any atom is 0.338 e. The zero-order chi connectivity index (χ0) is 13.8. The van der Waals surface area contributed by atoms with Crippen LogP contribution in [0.5, 0.6) is 0 Å². The number of rotatable bonds is 3. The summed E-state index contributed by atoms with van der Waals surface area (Å²) in [6.07, 6.45) is 1.78. The van der Waals surface area contributed by atoms with Gasteiger partial charge in [-0.05, 0) is 25.5 Å². The van der Waals surface area contributed by atoms with E-state index in [2.05, 4.69) is 5.32 Å². The molecule has 1 fully saturated rings. The number of ether oxygens (including phenoxy) is 1. The van der Waals surface area contributed by atoms with Crippen LogP contribution < -0.4 is 5.32 Å². The molecule has 2 rings (SSSR count). The van der Waals surface area contributed by atoms with Crippen LogP contribution in [-0.4, -0.2) is 31.1 Å². The summed E-state index contributed by atoms with van der Waals surface area (Å²) >= 11 is 0. The molecular formula is C13H16N2O4. The van der Waals surface area contributed by atoms with Gasteiger partial charge in [0.15, 0.2) is 0 Å². The minimum atomic E-state index is -0.524. The van der Waals surface area contributed by atoms with Gasteiger partial charge in [-0.25, -0.2) is 4.79 Å². The fourth-order valence-corrected chi connectivity index (χ4v) is 2.53. The highest BCUT2D eigenvalue weighted by Crippen LogP contribution is 2.34. The topological polar surface area (TPSA) is 81.5 Å². The Labute approximate surface area is 110 Å². The molecule has 1 aliphatic rings. The van der Waals surface area contributed by atoms with Crippen molar-refractivity contribution < 1.29 is 14.5 Å². The Balaban J connectivity index is 2.51. The van der Waals surface area contributed by atoms with Gasteiger partial charge in [0.25, 0.3) is 5.69 Å². The summed E-state index contributed by atoms with van der Waals surface area (Å²) < 4.78 is 4.72. The second-order valence-corrected chi connectivity index (χ2v) is 4.53. The van der Waals surface area contributed by atoms with E-state index in [1.165, 1.54) is 19.2 Å². The minimum absolute atomic E-state index is 0.00315. The number of nitrogens with zero attached hydrogens (tertiary/aromatic N) is 1. The lowest BCUT2D eigenvalue weighted by Crippen LogP contribution is -2.29. The van der Waals surface area contributed by atoms with Gasteiger partial charge in [0, 0.05) is 24.1 Å². The molecule has 1 atom stereocenters. The molecule has 1 N–H and O–H groups in total. The second kappa shape index (κ2) is 5.79. The largest absolute Gasteiger partial charge is 0.465 e. The number of nitro groups is 1. The van der Waals surface area contributed by atoms with Gasteiger partial charge >= 0.3 is 5.97 Å². The van der Waals surface area contributed by atoms with E-state index in [-0.39, 0.29) is 11.6 Å². The maximum atomic E-state index is 11.8. The monoisotopic (exact) mass is 264 g/mol. The van der Waals surface area contributed by atoms with Crippen molar-refractivity contribution in [1.82, 2.24) is 5.32 Å². The van der Waals surface area contributed by atoms with E-state index in [0.717, 1.165) is 19.4 Å². The second-order valence-electron chi connectivity index (χ2n) is 4.53. The van der Waals surface area contributed by atoms with Gasteiger partial charge in [-0.2, -0.15) is 0 Å².